The standard InChI is InChI=1S/C12H11NO5/c1-17-9-3-6-7(5-14)11(12(15)16)13-8(6)4-10(9)18-2/h3-5,13H,1-2H3,(H,15,16). The maximum Gasteiger partial charge on any atom is 0.353 e. The average Bonchev–Trinajstić information content (AvgIpc) is 2.74. The van der Waals surface area contributed by atoms with Crippen molar-refractivity contribution in [3.63, 3.8) is 0 Å². The van der Waals surface area contributed by atoms with E-state index in [2.05, 4.69) is 4.98 Å². The lowest BCUT2D eigenvalue weighted by Crippen LogP contribution is -2.00. The Morgan fingerprint density at radius 1 is 1.28 bits per heavy atom. The summed E-state index contributed by atoms with van der Waals surface area (Å²) in [6.07, 6.45) is 0.508. The van der Waals surface area contributed by atoms with Gasteiger partial charge in [-0.25, -0.2) is 4.79 Å². The highest BCUT2D eigenvalue weighted by atomic mass is 16.5. The van der Waals surface area contributed by atoms with Crippen LogP contribution in [-0.4, -0.2) is 36.6 Å². The van der Waals surface area contributed by atoms with Gasteiger partial charge in [-0.05, 0) is 6.07 Å². The zero-order valence-corrected chi connectivity index (χ0v) is 9.81. The first-order chi connectivity index (χ1) is 8.62. The molecule has 6 heteroatoms. The summed E-state index contributed by atoms with van der Waals surface area (Å²) in [4.78, 5) is 24.7. The van der Waals surface area contributed by atoms with Crippen molar-refractivity contribution in [2.75, 3.05) is 14.2 Å². The van der Waals surface area contributed by atoms with Gasteiger partial charge in [-0.15, -0.1) is 0 Å². The third kappa shape index (κ3) is 1.67. The number of aromatic nitrogens is 1. The number of aromatic amines is 1. The number of carbonyl (C=O) groups excluding carboxylic acids is 1. The summed E-state index contributed by atoms with van der Waals surface area (Å²) in [6.45, 7) is 0. The van der Waals surface area contributed by atoms with E-state index in [9.17, 15) is 9.59 Å². The molecule has 2 N–H and O–H groups in total. The van der Waals surface area contributed by atoms with Gasteiger partial charge >= 0.3 is 5.97 Å². The van der Waals surface area contributed by atoms with Crippen molar-refractivity contribution >= 4 is 23.2 Å². The van der Waals surface area contributed by atoms with E-state index in [-0.39, 0.29) is 11.3 Å². The smallest absolute Gasteiger partial charge is 0.353 e. The number of ether oxygens (including phenoxy) is 2. The lowest BCUT2D eigenvalue weighted by Gasteiger charge is -2.07. The van der Waals surface area contributed by atoms with Crippen molar-refractivity contribution in [2.24, 2.45) is 0 Å². The Labute approximate surface area is 102 Å². The Balaban J connectivity index is 2.81. The summed E-state index contributed by atoms with van der Waals surface area (Å²) < 4.78 is 10.2. The molecule has 1 heterocycles. The molecular formula is C12H11NO5. The van der Waals surface area contributed by atoms with Crippen LogP contribution in [0.15, 0.2) is 12.1 Å². The molecule has 0 saturated carbocycles. The molecule has 18 heavy (non-hydrogen) atoms. The molecule has 0 aliphatic carbocycles. The predicted octanol–water partition coefficient (Wildman–Crippen LogP) is 1.70. The molecule has 0 radical (unpaired) electrons. The van der Waals surface area contributed by atoms with Crippen LogP contribution >= 0.6 is 0 Å². The number of carboxylic acid groups (broad SMARTS) is 1. The number of rotatable bonds is 4. The Hall–Kier alpha value is -2.50. The van der Waals surface area contributed by atoms with Crippen LogP contribution in [0.4, 0.5) is 0 Å². The Bertz CT molecular complexity index is 629. The molecule has 0 saturated heterocycles. The number of carbonyl (C=O) groups is 2. The van der Waals surface area contributed by atoms with Crippen LogP contribution in [-0.2, 0) is 0 Å². The van der Waals surface area contributed by atoms with Gasteiger partial charge in [0, 0.05) is 11.5 Å². The number of benzene rings is 1. The first-order valence-electron chi connectivity index (χ1n) is 5.08. The highest BCUT2D eigenvalue weighted by Gasteiger charge is 2.18. The predicted molar refractivity (Wildman–Crippen MR) is 63.7 cm³/mol. The number of H-pyrrole nitrogens is 1. The average molecular weight is 249 g/mol. The summed E-state index contributed by atoms with van der Waals surface area (Å²) in [5.74, 6) is -0.295. The normalized spacial score (nSPS) is 10.3. The fraction of sp³-hybridized carbons (Fsp3) is 0.167. The van der Waals surface area contributed by atoms with Crippen molar-refractivity contribution < 1.29 is 24.2 Å². The van der Waals surface area contributed by atoms with E-state index in [1.165, 1.54) is 14.2 Å². The van der Waals surface area contributed by atoms with Crippen LogP contribution in [0.2, 0.25) is 0 Å². The third-order valence-electron chi connectivity index (χ3n) is 2.67. The minimum Gasteiger partial charge on any atom is -0.493 e. The van der Waals surface area contributed by atoms with Gasteiger partial charge in [0.25, 0.3) is 0 Å². The summed E-state index contributed by atoms with van der Waals surface area (Å²) in [5.41, 5.74) is 0.459. The van der Waals surface area contributed by atoms with E-state index < -0.39 is 5.97 Å². The number of methoxy groups -OCH3 is 2. The zero-order valence-electron chi connectivity index (χ0n) is 9.81. The van der Waals surface area contributed by atoms with Crippen molar-refractivity contribution in [3.8, 4) is 11.5 Å². The summed E-state index contributed by atoms with van der Waals surface area (Å²) >= 11 is 0. The molecule has 94 valence electrons. The van der Waals surface area contributed by atoms with Gasteiger partial charge in [-0.2, -0.15) is 0 Å². The number of nitrogens with one attached hydrogen (secondary N) is 1. The van der Waals surface area contributed by atoms with Gasteiger partial charge in [0.1, 0.15) is 5.69 Å². The van der Waals surface area contributed by atoms with Crippen LogP contribution in [0.25, 0.3) is 10.9 Å². The minimum atomic E-state index is -1.19. The van der Waals surface area contributed by atoms with Crippen molar-refractivity contribution in [2.45, 2.75) is 0 Å². The van der Waals surface area contributed by atoms with E-state index >= 15 is 0 Å². The summed E-state index contributed by atoms with van der Waals surface area (Å²) in [6, 6.07) is 3.16. The van der Waals surface area contributed by atoms with Gasteiger partial charge < -0.3 is 19.6 Å². The number of aromatic carboxylic acids is 1. The second-order valence-corrected chi connectivity index (χ2v) is 3.59. The van der Waals surface area contributed by atoms with Crippen LogP contribution in [0.3, 0.4) is 0 Å². The number of hydrogen-bond donors (Lipinski definition) is 2. The van der Waals surface area contributed by atoms with E-state index in [4.69, 9.17) is 14.6 Å². The number of fused-ring (bicyclic) bond motifs is 1. The van der Waals surface area contributed by atoms with E-state index in [0.29, 0.717) is 28.7 Å². The maximum atomic E-state index is 11.0. The van der Waals surface area contributed by atoms with Crippen molar-refractivity contribution in [3.05, 3.63) is 23.4 Å². The molecule has 6 nitrogen and oxygen atoms in total. The molecule has 0 fully saturated rings. The van der Waals surface area contributed by atoms with Gasteiger partial charge in [0.15, 0.2) is 17.8 Å². The molecule has 0 spiro atoms. The SMILES string of the molecule is COc1cc2[nH]c(C(=O)O)c(C=O)c2cc1OC. The highest BCUT2D eigenvalue weighted by Crippen LogP contribution is 2.34. The fourth-order valence-corrected chi connectivity index (χ4v) is 1.83. The molecule has 2 rings (SSSR count). The highest BCUT2D eigenvalue weighted by molar-refractivity contribution is 6.08. The zero-order chi connectivity index (χ0) is 13.3. The van der Waals surface area contributed by atoms with Gasteiger partial charge in [-0.1, -0.05) is 0 Å². The topological polar surface area (TPSA) is 88.6 Å². The molecule has 2 aromatic rings. The Kier molecular flexibility index (Phi) is 2.93. The molecule has 0 aliphatic rings. The monoisotopic (exact) mass is 249 g/mol. The molecule has 1 aromatic carbocycles. The first kappa shape index (κ1) is 12.0. The van der Waals surface area contributed by atoms with Crippen LogP contribution < -0.4 is 9.47 Å². The number of hydrogen-bond acceptors (Lipinski definition) is 4. The lowest BCUT2D eigenvalue weighted by molar-refractivity contribution is 0.0688. The van der Waals surface area contributed by atoms with Crippen molar-refractivity contribution in [1.29, 1.82) is 0 Å². The Morgan fingerprint density at radius 2 is 1.89 bits per heavy atom. The van der Waals surface area contributed by atoms with E-state index in [1.807, 2.05) is 0 Å². The van der Waals surface area contributed by atoms with Crippen LogP contribution in [0.5, 0.6) is 11.5 Å². The summed E-state index contributed by atoms with van der Waals surface area (Å²) in [5, 5.41) is 9.48. The number of carboxylic acids is 1. The molecule has 1 aromatic heterocycles. The van der Waals surface area contributed by atoms with E-state index in [0.717, 1.165) is 0 Å². The molecule has 0 amide bonds. The van der Waals surface area contributed by atoms with E-state index in [1.54, 1.807) is 12.1 Å². The lowest BCUT2D eigenvalue weighted by atomic mass is 10.1. The second-order valence-electron chi connectivity index (χ2n) is 3.59. The first-order valence-corrected chi connectivity index (χ1v) is 5.08. The van der Waals surface area contributed by atoms with Gasteiger partial charge in [0.2, 0.25) is 0 Å². The summed E-state index contributed by atoms with van der Waals surface area (Å²) in [7, 11) is 2.94. The quantitative estimate of drug-likeness (QED) is 0.805. The molecule has 0 unspecified atom stereocenters. The largest absolute Gasteiger partial charge is 0.493 e. The fourth-order valence-electron chi connectivity index (χ4n) is 1.83. The molecule has 0 atom stereocenters. The van der Waals surface area contributed by atoms with Gasteiger partial charge in [-0.3, -0.25) is 4.79 Å². The number of aldehydes is 1. The molecular weight excluding hydrogens is 238 g/mol. The molecule has 0 bridgehead atoms. The second kappa shape index (κ2) is 4.40. The third-order valence-corrected chi connectivity index (χ3v) is 2.67. The van der Waals surface area contributed by atoms with Crippen LogP contribution in [0.1, 0.15) is 20.8 Å². The van der Waals surface area contributed by atoms with Crippen molar-refractivity contribution in [1.82, 2.24) is 4.98 Å². The molecule has 0 aliphatic heterocycles. The Morgan fingerprint density at radius 3 is 2.39 bits per heavy atom. The van der Waals surface area contributed by atoms with Crippen LogP contribution in [0, 0.1) is 0 Å². The maximum absolute atomic E-state index is 11.0. The van der Waals surface area contributed by atoms with Gasteiger partial charge in [0.05, 0.1) is 25.3 Å². The minimum absolute atomic E-state index is 0.0958.